The average molecular weight is 871 g/mol. The van der Waals surface area contributed by atoms with E-state index in [1.807, 2.05) is 22.8 Å². The summed E-state index contributed by atoms with van der Waals surface area (Å²) >= 11 is 0. The van der Waals surface area contributed by atoms with Crippen molar-refractivity contribution in [1.29, 1.82) is 0 Å². The molecule has 0 unspecified atom stereocenters. The van der Waals surface area contributed by atoms with Crippen molar-refractivity contribution in [2.24, 2.45) is 0 Å². The number of para-hydroxylation sites is 3. The van der Waals surface area contributed by atoms with Crippen molar-refractivity contribution in [3.63, 3.8) is 0 Å². The lowest BCUT2D eigenvalue weighted by molar-refractivity contribution is 1.17. The second-order valence-corrected chi connectivity index (χ2v) is 18.0. The van der Waals surface area contributed by atoms with Gasteiger partial charge in [-0.1, -0.05) is 155 Å². The fourth-order valence-corrected chi connectivity index (χ4v) is 11.0. The van der Waals surface area contributed by atoms with E-state index < -0.39 is 0 Å². The SMILES string of the molecule is [B]c1c([B])c([B])c2c(c1[B])c1c([B])c(-c3ccc4c(c3)c3cc(-c5ccccc5)ccc3n4-c3ccccc3)c([B])c([B])c1n2-c1ccc2c(c1)c1ccccc1n2-c1ccccc1-c1ccccc1. The lowest BCUT2D eigenvalue weighted by Gasteiger charge is -2.19. The van der Waals surface area contributed by atoms with E-state index in [1.165, 1.54) is 0 Å². The molecule has 0 aliphatic heterocycles. The van der Waals surface area contributed by atoms with Crippen LogP contribution in [0.2, 0.25) is 0 Å². The summed E-state index contributed by atoms with van der Waals surface area (Å²) in [5.41, 5.74) is 15.8. The molecular formula is C60H32B7N3. The standard InChI is InChI=1S/C60H32B7N3/c61-52-49(36-25-28-47-42(31-36)41-30-35(33-14-4-1-5-15-33)24-27-46(41)68(47)37-18-8-3-9-19-37)53(62)57(66)59-50(52)51-54(63)55(64)56(65)58(67)60(51)69(59)38-26-29-48-43(32-38)40-21-11-13-23-45(40)70(48)44-22-12-10-20-39(44)34-16-6-2-7-17-34/h1-32H. The van der Waals surface area contributed by atoms with Crippen molar-refractivity contribution in [2.45, 2.75) is 0 Å². The monoisotopic (exact) mass is 871 g/mol. The molecule has 0 fully saturated rings. The second-order valence-electron chi connectivity index (χ2n) is 18.0. The van der Waals surface area contributed by atoms with Gasteiger partial charge in [-0.15, -0.1) is 10.9 Å². The first-order chi connectivity index (χ1) is 34.2. The molecule has 70 heavy (non-hydrogen) atoms. The summed E-state index contributed by atoms with van der Waals surface area (Å²) in [7, 11) is 49.6. The molecule has 3 aromatic heterocycles. The molecule has 10 aromatic carbocycles. The van der Waals surface area contributed by atoms with E-state index in [0.29, 0.717) is 43.8 Å². The first kappa shape index (κ1) is 42.2. The molecule has 13 aromatic rings. The molecule has 0 atom stereocenters. The molecule has 0 N–H and O–H groups in total. The van der Waals surface area contributed by atoms with Crippen LogP contribution >= 0.6 is 0 Å². The van der Waals surface area contributed by atoms with Crippen molar-refractivity contribution in [3.05, 3.63) is 194 Å². The molecule has 0 saturated carbocycles. The van der Waals surface area contributed by atoms with E-state index in [2.05, 4.69) is 185 Å². The van der Waals surface area contributed by atoms with Crippen molar-refractivity contribution < 1.29 is 0 Å². The van der Waals surface area contributed by atoms with Gasteiger partial charge >= 0.3 is 0 Å². The van der Waals surface area contributed by atoms with E-state index in [0.717, 1.165) is 88.5 Å². The highest BCUT2D eigenvalue weighted by Crippen LogP contribution is 2.40. The zero-order chi connectivity index (χ0) is 47.5. The maximum absolute atomic E-state index is 7.51. The fraction of sp³-hybridized carbons (Fsp3) is 0. The quantitative estimate of drug-likeness (QED) is 0.154. The van der Waals surface area contributed by atoms with Crippen LogP contribution in [-0.4, -0.2) is 68.6 Å². The summed E-state index contributed by atoms with van der Waals surface area (Å²) in [5, 5.41) is 5.28. The first-order valence-corrected chi connectivity index (χ1v) is 23.1. The third-order valence-electron chi connectivity index (χ3n) is 14.2. The molecule has 0 aliphatic rings. The predicted molar refractivity (Wildman–Crippen MR) is 303 cm³/mol. The van der Waals surface area contributed by atoms with Gasteiger partial charge in [0.25, 0.3) is 0 Å². The van der Waals surface area contributed by atoms with Crippen LogP contribution < -0.4 is 38.2 Å². The van der Waals surface area contributed by atoms with Crippen LogP contribution in [0.25, 0.3) is 116 Å². The number of aromatic nitrogens is 3. The molecule has 0 aliphatic carbocycles. The Kier molecular flexibility index (Phi) is 9.68. The van der Waals surface area contributed by atoms with Crippen molar-refractivity contribution >= 4 is 159 Å². The molecule has 0 bridgehead atoms. The van der Waals surface area contributed by atoms with Crippen LogP contribution in [-0.2, 0) is 0 Å². The van der Waals surface area contributed by atoms with Crippen LogP contribution in [0.1, 0.15) is 0 Å². The molecule has 0 amide bonds. The lowest BCUT2D eigenvalue weighted by Crippen LogP contribution is -2.48. The van der Waals surface area contributed by atoms with Crippen LogP contribution in [0.15, 0.2) is 194 Å². The smallest absolute Gasteiger partial charge is 0.115 e. The van der Waals surface area contributed by atoms with Crippen molar-refractivity contribution in [1.82, 2.24) is 13.7 Å². The average Bonchev–Trinajstić information content (AvgIpc) is 4.06. The molecule has 308 valence electrons. The zero-order valence-corrected chi connectivity index (χ0v) is 37.9. The van der Waals surface area contributed by atoms with E-state index in [9.17, 15) is 0 Å². The molecule has 10 heteroatoms. The van der Waals surface area contributed by atoms with Gasteiger partial charge in [0.2, 0.25) is 0 Å². The lowest BCUT2D eigenvalue weighted by atomic mass is 9.64. The number of benzene rings is 10. The van der Waals surface area contributed by atoms with Gasteiger partial charge in [0.1, 0.15) is 54.9 Å². The third kappa shape index (κ3) is 6.12. The maximum atomic E-state index is 7.51. The molecule has 14 radical (unpaired) electrons. The van der Waals surface area contributed by atoms with Gasteiger partial charge in [-0.3, -0.25) is 0 Å². The second kappa shape index (κ2) is 16.1. The summed E-state index contributed by atoms with van der Waals surface area (Å²) in [6.45, 7) is 0. The summed E-state index contributed by atoms with van der Waals surface area (Å²) in [6, 6.07) is 67.4. The molecule has 0 spiro atoms. The Morgan fingerprint density at radius 1 is 0.271 bits per heavy atom. The minimum Gasteiger partial charge on any atom is -0.311 e. The summed E-state index contributed by atoms with van der Waals surface area (Å²) in [4.78, 5) is 0. The Hall–Kier alpha value is -7.95. The number of rotatable bonds is 6. The van der Waals surface area contributed by atoms with Gasteiger partial charge in [0, 0.05) is 54.9 Å². The Bertz CT molecular complexity index is 4310. The summed E-state index contributed by atoms with van der Waals surface area (Å²) < 4.78 is 6.60. The third-order valence-corrected chi connectivity index (χ3v) is 14.2. The maximum Gasteiger partial charge on any atom is 0.115 e. The van der Waals surface area contributed by atoms with Crippen LogP contribution in [0, 0.1) is 0 Å². The van der Waals surface area contributed by atoms with Gasteiger partial charge in [-0.05, 0) is 99.9 Å². The zero-order valence-electron chi connectivity index (χ0n) is 37.9. The minimum absolute atomic E-state index is 0.167. The summed E-state index contributed by atoms with van der Waals surface area (Å²) in [6.07, 6.45) is 0. The Labute approximate surface area is 414 Å². The van der Waals surface area contributed by atoms with Gasteiger partial charge < -0.3 is 13.7 Å². The minimum atomic E-state index is 0.167. The van der Waals surface area contributed by atoms with Gasteiger partial charge in [0.15, 0.2) is 0 Å². The number of hydrogen-bond donors (Lipinski definition) is 0. The highest BCUT2D eigenvalue weighted by atomic mass is 15.0. The Morgan fingerprint density at radius 3 is 1.49 bits per heavy atom. The van der Waals surface area contributed by atoms with Crippen LogP contribution in [0.4, 0.5) is 0 Å². The number of fused-ring (bicyclic) bond motifs is 9. The molecular weight excluding hydrogens is 838 g/mol. The predicted octanol–water partition coefficient (Wildman–Crippen LogP) is 7.54. The molecule has 3 heterocycles. The van der Waals surface area contributed by atoms with Crippen molar-refractivity contribution in [2.75, 3.05) is 0 Å². The van der Waals surface area contributed by atoms with E-state index in [4.69, 9.17) is 54.9 Å². The first-order valence-electron chi connectivity index (χ1n) is 23.1. The van der Waals surface area contributed by atoms with E-state index in [1.54, 1.807) is 0 Å². The topological polar surface area (TPSA) is 14.8 Å². The fourth-order valence-electron chi connectivity index (χ4n) is 11.0. The number of hydrogen-bond acceptors (Lipinski definition) is 0. The van der Waals surface area contributed by atoms with Crippen LogP contribution in [0.5, 0.6) is 0 Å². The van der Waals surface area contributed by atoms with Gasteiger partial charge in [-0.2, -0.15) is 0 Å². The summed E-state index contributed by atoms with van der Waals surface area (Å²) in [5.74, 6) is 0. The highest BCUT2D eigenvalue weighted by Gasteiger charge is 2.26. The normalized spacial score (nSPS) is 11.8. The van der Waals surface area contributed by atoms with Crippen molar-refractivity contribution in [3.8, 4) is 50.4 Å². The van der Waals surface area contributed by atoms with E-state index >= 15 is 0 Å². The Morgan fingerprint density at radius 2 is 0.771 bits per heavy atom. The number of nitrogens with zero attached hydrogens (tertiary/aromatic N) is 3. The molecule has 3 nitrogen and oxygen atoms in total. The van der Waals surface area contributed by atoms with Gasteiger partial charge in [-0.25, -0.2) is 0 Å². The van der Waals surface area contributed by atoms with Gasteiger partial charge in [0.05, 0.1) is 27.8 Å². The largest absolute Gasteiger partial charge is 0.311 e. The molecule has 13 rings (SSSR count). The molecule has 0 saturated heterocycles. The Balaban J connectivity index is 1.07. The highest BCUT2D eigenvalue weighted by molar-refractivity contribution is 6.69. The van der Waals surface area contributed by atoms with E-state index in [-0.39, 0.29) is 21.9 Å². The van der Waals surface area contributed by atoms with Crippen LogP contribution in [0.3, 0.4) is 0 Å².